The van der Waals surface area contributed by atoms with Crippen molar-refractivity contribution in [2.24, 2.45) is 5.73 Å². The van der Waals surface area contributed by atoms with E-state index in [-0.39, 0.29) is 18.6 Å². The van der Waals surface area contributed by atoms with Crippen LogP contribution in [0.2, 0.25) is 10.0 Å². The molecule has 0 unspecified atom stereocenters. The maximum absolute atomic E-state index is 11.8. The maximum Gasteiger partial charge on any atom is 0.260 e. The van der Waals surface area contributed by atoms with Gasteiger partial charge in [0.25, 0.3) is 5.91 Å². The van der Waals surface area contributed by atoms with Crippen molar-refractivity contribution in [2.45, 2.75) is 12.5 Å². The van der Waals surface area contributed by atoms with Crippen LogP contribution in [0.25, 0.3) is 0 Å². The number of carbonyl (C=O) groups is 1. The van der Waals surface area contributed by atoms with Crippen LogP contribution in [0.5, 0.6) is 5.75 Å². The summed E-state index contributed by atoms with van der Waals surface area (Å²) in [4.78, 5) is 13.5. The summed E-state index contributed by atoms with van der Waals surface area (Å²) in [7, 11) is 0. The van der Waals surface area contributed by atoms with E-state index in [1.807, 2.05) is 0 Å². The minimum absolute atomic E-state index is 0.00924. The predicted octanol–water partition coefficient (Wildman–Crippen LogP) is 1.93. The summed E-state index contributed by atoms with van der Waals surface area (Å²) in [6, 6.07) is 4.98. The first-order valence-electron chi connectivity index (χ1n) is 5.67. The van der Waals surface area contributed by atoms with Crippen molar-refractivity contribution in [3.8, 4) is 5.75 Å². The Morgan fingerprint density at radius 3 is 2.83 bits per heavy atom. The molecule has 4 nitrogen and oxygen atoms in total. The summed E-state index contributed by atoms with van der Waals surface area (Å²) in [5, 5.41) is 0.866. The van der Waals surface area contributed by atoms with Crippen LogP contribution < -0.4 is 10.5 Å². The highest BCUT2D eigenvalue weighted by Crippen LogP contribution is 2.26. The molecule has 0 aromatic heterocycles. The molecule has 1 atom stereocenters. The maximum atomic E-state index is 11.8. The van der Waals surface area contributed by atoms with Gasteiger partial charge in [-0.3, -0.25) is 4.79 Å². The molecule has 0 radical (unpaired) electrons. The minimum atomic E-state index is -0.0611. The van der Waals surface area contributed by atoms with E-state index in [4.69, 9.17) is 33.7 Å². The van der Waals surface area contributed by atoms with Crippen LogP contribution in [0.15, 0.2) is 18.2 Å². The van der Waals surface area contributed by atoms with Crippen molar-refractivity contribution >= 4 is 29.1 Å². The summed E-state index contributed by atoms with van der Waals surface area (Å²) >= 11 is 11.6. The standard InChI is InChI=1S/C12H14Cl2N2O2/c13-10-2-1-9(5-11(10)14)18-7-12(17)16-4-3-8(15)6-16/h1-2,5,8H,3-4,6-7,15H2/t8-/m0/s1. The van der Waals surface area contributed by atoms with E-state index in [1.54, 1.807) is 23.1 Å². The second kappa shape index (κ2) is 5.78. The fourth-order valence-electron chi connectivity index (χ4n) is 1.82. The summed E-state index contributed by atoms with van der Waals surface area (Å²) in [5.74, 6) is 0.468. The van der Waals surface area contributed by atoms with Crippen molar-refractivity contribution in [1.82, 2.24) is 4.90 Å². The van der Waals surface area contributed by atoms with Gasteiger partial charge in [-0.25, -0.2) is 0 Å². The lowest BCUT2D eigenvalue weighted by Gasteiger charge is -2.16. The van der Waals surface area contributed by atoms with Gasteiger partial charge < -0.3 is 15.4 Å². The molecule has 1 aliphatic heterocycles. The zero-order valence-electron chi connectivity index (χ0n) is 9.73. The van der Waals surface area contributed by atoms with Crippen molar-refractivity contribution in [2.75, 3.05) is 19.7 Å². The van der Waals surface area contributed by atoms with Crippen LogP contribution in [-0.4, -0.2) is 36.5 Å². The van der Waals surface area contributed by atoms with Gasteiger partial charge in [-0.1, -0.05) is 23.2 Å². The van der Waals surface area contributed by atoms with E-state index < -0.39 is 0 Å². The monoisotopic (exact) mass is 288 g/mol. The smallest absolute Gasteiger partial charge is 0.260 e. The third-order valence-corrected chi connectivity index (χ3v) is 3.57. The first-order valence-corrected chi connectivity index (χ1v) is 6.43. The number of nitrogens with zero attached hydrogens (tertiary/aromatic N) is 1. The molecule has 18 heavy (non-hydrogen) atoms. The second-order valence-electron chi connectivity index (χ2n) is 4.25. The Kier molecular flexibility index (Phi) is 4.32. The Bertz CT molecular complexity index is 454. The fourth-order valence-corrected chi connectivity index (χ4v) is 2.10. The Hall–Kier alpha value is -0.970. The van der Waals surface area contributed by atoms with Gasteiger partial charge in [0.15, 0.2) is 6.61 Å². The number of halogens is 2. The van der Waals surface area contributed by atoms with Gasteiger partial charge in [-0.15, -0.1) is 0 Å². The molecule has 0 aliphatic carbocycles. The van der Waals surface area contributed by atoms with Crippen molar-refractivity contribution < 1.29 is 9.53 Å². The van der Waals surface area contributed by atoms with Gasteiger partial charge in [-0.05, 0) is 18.6 Å². The molecule has 1 saturated heterocycles. The molecule has 0 spiro atoms. The molecule has 1 amide bonds. The molecule has 1 aromatic rings. The highest BCUT2D eigenvalue weighted by Gasteiger charge is 2.23. The lowest BCUT2D eigenvalue weighted by Crippen LogP contribution is -2.35. The zero-order valence-corrected chi connectivity index (χ0v) is 11.2. The van der Waals surface area contributed by atoms with E-state index in [1.165, 1.54) is 0 Å². The molecule has 98 valence electrons. The Labute approximate surface area is 116 Å². The number of rotatable bonds is 3. The van der Waals surface area contributed by atoms with Gasteiger partial charge in [0.1, 0.15) is 5.75 Å². The average molecular weight is 289 g/mol. The normalized spacial score (nSPS) is 19.1. The number of carbonyl (C=O) groups excluding carboxylic acids is 1. The van der Waals surface area contributed by atoms with Crippen LogP contribution >= 0.6 is 23.2 Å². The first kappa shape index (κ1) is 13.5. The van der Waals surface area contributed by atoms with E-state index in [9.17, 15) is 4.79 Å². The first-order chi connectivity index (χ1) is 8.56. The van der Waals surface area contributed by atoms with E-state index in [0.717, 1.165) is 6.42 Å². The van der Waals surface area contributed by atoms with Crippen LogP contribution in [0.4, 0.5) is 0 Å². The third-order valence-electron chi connectivity index (χ3n) is 2.83. The summed E-state index contributed by atoms with van der Waals surface area (Å²) in [6.45, 7) is 1.29. The number of ether oxygens (including phenoxy) is 1. The number of nitrogens with two attached hydrogens (primary N) is 1. The average Bonchev–Trinajstić information content (AvgIpc) is 2.77. The van der Waals surface area contributed by atoms with E-state index in [2.05, 4.69) is 0 Å². The number of hydrogen-bond acceptors (Lipinski definition) is 3. The third kappa shape index (κ3) is 3.28. The van der Waals surface area contributed by atoms with Crippen LogP contribution in [-0.2, 0) is 4.79 Å². The molecular weight excluding hydrogens is 275 g/mol. The highest BCUT2D eigenvalue weighted by molar-refractivity contribution is 6.42. The van der Waals surface area contributed by atoms with Crippen molar-refractivity contribution in [1.29, 1.82) is 0 Å². The largest absolute Gasteiger partial charge is 0.484 e. The molecule has 0 saturated carbocycles. The van der Waals surface area contributed by atoms with Crippen LogP contribution in [0.1, 0.15) is 6.42 Å². The lowest BCUT2D eigenvalue weighted by atomic mass is 10.3. The molecule has 1 fully saturated rings. The Morgan fingerprint density at radius 2 is 2.22 bits per heavy atom. The molecule has 6 heteroatoms. The Morgan fingerprint density at radius 1 is 1.44 bits per heavy atom. The molecule has 1 aliphatic rings. The summed E-state index contributed by atoms with van der Waals surface area (Å²) in [6.07, 6.45) is 0.846. The van der Waals surface area contributed by atoms with Gasteiger partial charge in [0, 0.05) is 25.2 Å². The highest BCUT2D eigenvalue weighted by atomic mass is 35.5. The van der Waals surface area contributed by atoms with Crippen molar-refractivity contribution in [3.63, 3.8) is 0 Å². The van der Waals surface area contributed by atoms with Crippen molar-refractivity contribution in [3.05, 3.63) is 28.2 Å². The SMILES string of the molecule is N[C@H]1CCN(C(=O)COc2ccc(Cl)c(Cl)c2)C1. The number of likely N-dealkylation sites (tertiary alicyclic amines) is 1. The number of amides is 1. The summed E-state index contributed by atoms with van der Waals surface area (Å²) < 4.78 is 5.38. The molecule has 2 N–H and O–H groups in total. The number of hydrogen-bond donors (Lipinski definition) is 1. The Balaban J connectivity index is 1.87. The van der Waals surface area contributed by atoms with E-state index >= 15 is 0 Å². The van der Waals surface area contributed by atoms with Gasteiger partial charge >= 0.3 is 0 Å². The lowest BCUT2D eigenvalue weighted by molar-refractivity contribution is -0.132. The second-order valence-corrected chi connectivity index (χ2v) is 5.07. The van der Waals surface area contributed by atoms with Gasteiger partial charge in [-0.2, -0.15) is 0 Å². The predicted molar refractivity (Wildman–Crippen MR) is 71.1 cm³/mol. The number of benzene rings is 1. The molecule has 0 bridgehead atoms. The quantitative estimate of drug-likeness (QED) is 0.925. The zero-order chi connectivity index (χ0) is 13.1. The molecule has 1 aromatic carbocycles. The molecule has 2 rings (SSSR count). The molecular formula is C12H14Cl2N2O2. The summed E-state index contributed by atoms with van der Waals surface area (Å²) in [5.41, 5.74) is 5.74. The minimum Gasteiger partial charge on any atom is -0.484 e. The molecule has 1 heterocycles. The van der Waals surface area contributed by atoms with Gasteiger partial charge in [0.2, 0.25) is 0 Å². The van der Waals surface area contributed by atoms with Crippen LogP contribution in [0, 0.1) is 0 Å². The van der Waals surface area contributed by atoms with Gasteiger partial charge in [0.05, 0.1) is 10.0 Å². The van der Waals surface area contributed by atoms with E-state index in [0.29, 0.717) is 28.9 Å². The topological polar surface area (TPSA) is 55.6 Å². The fraction of sp³-hybridized carbons (Fsp3) is 0.417. The van der Waals surface area contributed by atoms with Crippen LogP contribution in [0.3, 0.4) is 0 Å².